The Morgan fingerprint density at radius 2 is 2.14 bits per heavy atom. The highest BCUT2D eigenvalue weighted by Gasteiger charge is 2.38. The topological polar surface area (TPSA) is 138 Å². The summed E-state index contributed by atoms with van der Waals surface area (Å²) in [4.78, 5) is 55.8. The predicted octanol–water partition coefficient (Wildman–Crippen LogP) is 2.84. The predicted molar refractivity (Wildman–Crippen MR) is 136 cm³/mol. The number of phenolic OH excluding ortho intramolecular Hbond substituents is 1. The van der Waals surface area contributed by atoms with Crippen molar-refractivity contribution in [3.05, 3.63) is 44.4 Å². The van der Waals surface area contributed by atoms with E-state index in [4.69, 9.17) is 4.74 Å². The Labute approximate surface area is 219 Å². The number of ether oxygens (including phenoxy) is 1. The molecule has 4 rings (SSSR count). The zero-order valence-corrected chi connectivity index (χ0v) is 22.1. The minimum Gasteiger partial charge on any atom is -0.507 e. The number of thiazole rings is 1. The molecule has 1 aliphatic heterocycles. The van der Waals surface area contributed by atoms with Crippen LogP contribution in [0.3, 0.4) is 0 Å². The lowest BCUT2D eigenvalue weighted by atomic mass is 9.79. The lowest BCUT2D eigenvalue weighted by Gasteiger charge is -2.28. The molecule has 1 aromatic carbocycles. The first-order chi connectivity index (χ1) is 17.6. The van der Waals surface area contributed by atoms with Crippen molar-refractivity contribution in [2.75, 3.05) is 7.05 Å². The van der Waals surface area contributed by atoms with Gasteiger partial charge in [0.05, 0.1) is 11.3 Å². The van der Waals surface area contributed by atoms with E-state index in [-0.39, 0.29) is 55.2 Å². The van der Waals surface area contributed by atoms with Crippen LogP contribution in [-0.4, -0.2) is 52.3 Å². The first kappa shape index (κ1) is 26.6. The molecule has 1 unspecified atom stereocenters. The van der Waals surface area contributed by atoms with Crippen molar-refractivity contribution >= 4 is 35.5 Å². The molecule has 0 saturated heterocycles. The SMILES string of the molecule is CNC(=O)C(CCC=O)N1Cc2ccc(CNC(=O)OCc3nc4c(s3)CC(C)(C)CC4)c(O)c2C1=O. The van der Waals surface area contributed by atoms with Crippen molar-refractivity contribution in [3.8, 4) is 5.75 Å². The van der Waals surface area contributed by atoms with Gasteiger partial charge in [0.1, 0.15) is 29.7 Å². The van der Waals surface area contributed by atoms with E-state index in [1.807, 2.05) is 0 Å². The average Bonchev–Trinajstić information content (AvgIpc) is 3.42. The number of hydrogen-bond donors (Lipinski definition) is 3. The van der Waals surface area contributed by atoms with Crippen molar-refractivity contribution < 1.29 is 29.0 Å². The van der Waals surface area contributed by atoms with Crippen LogP contribution in [0.2, 0.25) is 0 Å². The number of aldehydes is 1. The van der Waals surface area contributed by atoms with Gasteiger partial charge in [-0.1, -0.05) is 26.0 Å². The van der Waals surface area contributed by atoms with E-state index in [2.05, 4.69) is 29.5 Å². The third-order valence-electron chi connectivity index (χ3n) is 6.90. The fourth-order valence-corrected chi connectivity index (χ4v) is 6.10. The van der Waals surface area contributed by atoms with Crippen molar-refractivity contribution in [2.45, 2.75) is 71.7 Å². The molecule has 0 spiro atoms. The molecule has 37 heavy (non-hydrogen) atoms. The van der Waals surface area contributed by atoms with Gasteiger partial charge in [-0.05, 0) is 36.7 Å². The van der Waals surface area contributed by atoms with Crippen LogP contribution in [0.4, 0.5) is 4.79 Å². The lowest BCUT2D eigenvalue weighted by molar-refractivity contribution is -0.125. The number of carbonyl (C=O) groups is 4. The number of rotatable bonds is 9. The van der Waals surface area contributed by atoms with Gasteiger partial charge in [0.2, 0.25) is 5.91 Å². The van der Waals surface area contributed by atoms with Gasteiger partial charge in [0, 0.05) is 37.0 Å². The van der Waals surface area contributed by atoms with Gasteiger partial charge >= 0.3 is 6.09 Å². The number of nitrogens with zero attached hydrogens (tertiary/aromatic N) is 2. The number of likely N-dealkylation sites (N-methyl/N-ethyl adjacent to an activating group) is 1. The van der Waals surface area contributed by atoms with Crippen LogP contribution in [0.1, 0.15) is 70.2 Å². The normalized spacial score (nSPS) is 16.5. The first-order valence-electron chi connectivity index (χ1n) is 12.3. The molecule has 0 saturated carbocycles. The second-order valence-electron chi connectivity index (χ2n) is 10.2. The fraction of sp³-hybridized carbons (Fsp3) is 0.500. The van der Waals surface area contributed by atoms with Crippen LogP contribution < -0.4 is 10.6 Å². The molecule has 0 fully saturated rings. The number of phenols is 1. The molecule has 2 heterocycles. The number of aromatic hydroxyl groups is 1. The van der Waals surface area contributed by atoms with Crippen LogP contribution in [0, 0.1) is 5.41 Å². The third-order valence-corrected chi connectivity index (χ3v) is 7.97. The zero-order chi connectivity index (χ0) is 26.7. The molecule has 1 atom stereocenters. The van der Waals surface area contributed by atoms with E-state index in [0.717, 1.165) is 30.0 Å². The summed E-state index contributed by atoms with van der Waals surface area (Å²) in [7, 11) is 1.47. The number of benzene rings is 1. The van der Waals surface area contributed by atoms with Crippen LogP contribution in [0.15, 0.2) is 12.1 Å². The molecule has 0 radical (unpaired) electrons. The van der Waals surface area contributed by atoms with Crippen molar-refractivity contribution in [3.63, 3.8) is 0 Å². The molecule has 2 aliphatic rings. The van der Waals surface area contributed by atoms with Gasteiger partial charge < -0.3 is 30.2 Å². The molecular formula is C26H32N4O6S. The number of nitrogens with one attached hydrogen (secondary N) is 2. The summed E-state index contributed by atoms with van der Waals surface area (Å²) in [6.45, 7) is 4.65. The molecule has 198 valence electrons. The molecule has 3 amide bonds. The molecule has 1 aliphatic carbocycles. The summed E-state index contributed by atoms with van der Waals surface area (Å²) in [6.07, 6.45) is 3.34. The van der Waals surface area contributed by atoms with Crippen LogP contribution in [0.25, 0.3) is 0 Å². The lowest BCUT2D eigenvalue weighted by Crippen LogP contribution is -2.46. The minimum absolute atomic E-state index is 0.0438. The second kappa shape index (κ2) is 10.9. The molecule has 3 N–H and O–H groups in total. The number of carbonyl (C=O) groups excluding carboxylic acids is 4. The molecule has 0 bridgehead atoms. The summed E-state index contributed by atoms with van der Waals surface area (Å²) in [5.41, 5.74) is 2.37. The van der Waals surface area contributed by atoms with E-state index in [9.17, 15) is 24.3 Å². The Bertz CT molecular complexity index is 1220. The van der Waals surface area contributed by atoms with Crippen LogP contribution in [0.5, 0.6) is 5.75 Å². The fourth-order valence-electron chi connectivity index (χ4n) is 4.82. The Balaban J connectivity index is 1.36. The van der Waals surface area contributed by atoms with Gasteiger partial charge in [0.25, 0.3) is 5.91 Å². The van der Waals surface area contributed by atoms with Crippen molar-refractivity contribution in [2.24, 2.45) is 5.41 Å². The summed E-state index contributed by atoms with van der Waals surface area (Å²) in [5.74, 6) is -1.11. The number of aryl methyl sites for hydroxylation is 1. The molecule has 1 aromatic heterocycles. The van der Waals surface area contributed by atoms with Gasteiger partial charge in [0.15, 0.2) is 0 Å². The molecule has 11 heteroatoms. The quantitative estimate of drug-likeness (QED) is 0.426. The summed E-state index contributed by atoms with van der Waals surface area (Å²) in [6, 6.07) is 2.49. The van der Waals surface area contributed by atoms with E-state index < -0.39 is 18.0 Å². The Hall–Kier alpha value is -3.47. The van der Waals surface area contributed by atoms with Gasteiger partial charge in [-0.25, -0.2) is 9.78 Å². The average molecular weight is 529 g/mol. The summed E-state index contributed by atoms with van der Waals surface area (Å²) >= 11 is 1.58. The van der Waals surface area contributed by atoms with Gasteiger partial charge in [-0.3, -0.25) is 9.59 Å². The minimum atomic E-state index is -0.825. The Morgan fingerprint density at radius 3 is 2.86 bits per heavy atom. The maximum absolute atomic E-state index is 13.1. The van der Waals surface area contributed by atoms with E-state index >= 15 is 0 Å². The molecule has 10 nitrogen and oxygen atoms in total. The van der Waals surface area contributed by atoms with Gasteiger partial charge in [-0.15, -0.1) is 11.3 Å². The highest BCUT2D eigenvalue weighted by Crippen LogP contribution is 2.37. The van der Waals surface area contributed by atoms with E-state index in [1.54, 1.807) is 23.5 Å². The van der Waals surface area contributed by atoms with Crippen LogP contribution >= 0.6 is 11.3 Å². The smallest absolute Gasteiger partial charge is 0.407 e. The standard InChI is InChI=1S/C26H32N4O6S/c1-26(2)9-8-17-19(11-26)37-20(29-17)14-36-25(35)28-12-15-6-7-16-13-30(24(34)21(16)22(15)32)18(5-4-10-31)23(33)27-3/h6-7,10,18,32H,4-5,8-9,11-14H2,1-3H3,(H,27,33)(H,28,35). The maximum atomic E-state index is 13.1. The number of alkyl carbamates (subject to hydrolysis) is 1. The van der Waals surface area contributed by atoms with Crippen molar-refractivity contribution in [1.29, 1.82) is 0 Å². The largest absolute Gasteiger partial charge is 0.507 e. The van der Waals surface area contributed by atoms with E-state index in [1.165, 1.54) is 16.8 Å². The number of aromatic nitrogens is 1. The Morgan fingerprint density at radius 1 is 1.35 bits per heavy atom. The zero-order valence-electron chi connectivity index (χ0n) is 21.3. The van der Waals surface area contributed by atoms with Crippen molar-refractivity contribution in [1.82, 2.24) is 20.5 Å². The maximum Gasteiger partial charge on any atom is 0.407 e. The molecule has 2 aromatic rings. The third kappa shape index (κ3) is 5.76. The Kier molecular flexibility index (Phi) is 7.82. The summed E-state index contributed by atoms with van der Waals surface area (Å²) in [5, 5.41) is 16.7. The monoisotopic (exact) mass is 528 g/mol. The van der Waals surface area contributed by atoms with Crippen LogP contribution in [-0.2, 0) is 46.9 Å². The van der Waals surface area contributed by atoms with Gasteiger partial charge in [-0.2, -0.15) is 0 Å². The number of fused-ring (bicyclic) bond motifs is 2. The number of hydrogen-bond acceptors (Lipinski definition) is 8. The second-order valence-corrected chi connectivity index (χ2v) is 11.3. The summed E-state index contributed by atoms with van der Waals surface area (Å²) < 4.78 is 5.33. The highest BCUT2D eigenvalue weighted by atomic mass is 32.1. The number of amides is 3. The molecular weight excluding hydrogens is 496 g/mol. The highest BCUT2D eigenvalue weighted by molar-refractivity contribution is 7.11. The first-order valence-corrected chi connectivity index (χ1v) is 13.1. The van der Waals surface area contributed by atoms with E-state index in [0.29, 0.717) is 17.4 Å².